The van der Waals surface area contributed by atoms with Gasteiger partial charge in [0.05, 0.1) is 16.6 Å². The van der Waals surface area contributed by atoms with Gasteiger partial charge in [-0.2, -0.15) is 0 Å². The molecule has 0 saturated heterocycles. The molecule has 10 aromatic rings. The molecular formula is C69H63BN2. The molecule has 0 amide bonds. The van der Waals surface area contributed by atoms with Crippen LogP contribution in [0, 0.1) is 13.8 Å². The lowest BCUT2D eigenvalue weighted by molar-refractivity contribution is 0.335. The molecule has 0 saturated carbocycles. The van der Waals surface area contributed by atoms with Crippen LogP contribution in [0.2, 0.25) is 0 Å². The summed E-state index contributed by atoms with van der Waals surface area (Å²) in [6.07, 6.45) is 2.29. The van der Waals surface area contributed by atoms with Gasteiger partial charge in [0.2, 0.25) is 0 Å². The minimum absolute atomic E-state index is 0.0176. The minimum Gasteiger partial charge on any atom is -0.310 e. The van der Waals surface area contributed by atoms with Crippen LogP contribution in [-0.2, 0) is 27.1 Å². The summed E-state index contributed by atoms with van der Waals surface area (Å²) < 4.78 is 5.56. The van der Waals surface area contributed by atoms with Crippen molar-refractivity contribution in [2.45, 2.75) is 123 Å². The normalized spacial score (nSPS) is 16.8. The minimum atomic E-state index is -0.511. The maximum Gasteiger partial charge on any atom is 0.252 e. The van der Waals surface area contributed by atoms with Crippen LogP contribution in [0.1, 0.15) is 138 Å². The van der Waals surface area contributed by atoms with Crippen molar-refractivity contribution in [1.82, 2.24) is 9.13 Å². The lowest BCUT2D eigenvalue weighted by Crippen LogP contribution is -2.61. The molecule has 5 heterocycles. The Morgan fingerprint density at radius 3 is 1.67 bits per heavy atom. The molecular weight excluding hydrogens is 868 g/mol. The Kier molecular flexibility index (Phi) is 7.97. The molecule has 72 heavy (non-hydrogen) atoms. The zero-order valence-corrected chi connectivity index (χ0v) is 44.2. The first-order valence-electron chi connectivity index (χ1n) is 26.8. The summed E-state index contributed by atoms with van der Waals surface area (Å²) in [5.41, 5.74) is 32.6. The number of benzene rings is 8. The van der Waals surface area contributed by atoms with Gasteiger partial charge in [0.25, 0.3) is 6.71 Å². The molecule has 15 rings (SSSR count). The molecule has 3 heteroatoms. The second-order valence-electron chi connectivity index (χ2n) is 26.1. The van der Waals surface area contributed by atoms with Crippen molar-refractivity contribution >= 4 is 55.8 Å². The summed E-state index contributed by atoms with van der Waals surface area (Å²) >= 11 is 0. The fourth-order valence-electron chi connectivity index (χ4n) is 15.3. The van der Waals surface area contributed by atoms with E-state index in [1.54, 1.807) is 0 Å². The number of fused-ring (bicyclic) bond motifs is 13. The molecule has 0 atom stereocenters. The lowest BCUT2D eigenvalue weighted by atomic mass is 9.33. The van der Waals surface area contributed by atoms with Crippen LogP contribution >= 0.6 is 0 Å². The van der Waals surface area contributed by atoms with Gasteiger partial charge in [-0.25, -0.2) is 0 Å². The quantitative estimate of drug-likeness (QED) is 0.153. The molecule has 1 spiro atoms. The van der Waals surface area contributed by atoms with Crippen molar-refractivity contribution in [1.29, 1.82) is 0 Å². The lowest BCUT2D eigenvalue weighted by Gasteiger charge is -2.45. The molecule has 2 nitrogen and oxygen atoms in total. The second kappa shape index (κ2) is 13.4. The number of hydrogen-bond acceptors (Lipinski definition) is 0. The van der Waals surface area contributed by atoms with Crippen LogP contribution in [0.5, 0.6) is 0 Å². The first-order valence-corrected chi connectivity index (χ1v) is 26.8. The van der Waals surface area contributed by atoms with Crippen molar-refractivity contribution in [3.63, 3.8) is 0 Å². The Bertz CT molecular complexity index is 4070. The topological polar surface area (TPSA) is 9.86 Å². The van der Waals surface area contributed by atoms with Crippen LogP contribution in [0.15, 0.2) is 140 Å². The molecule has 2 aliphatic carbocycles. The maximum atomic E-state index is 2.79. The predicted molar refractivity (Wildman–Crippen MR) is 306 cm³/mol. The number of rotatable bonds is 2. The molecule has 3 aliphatic heterocycles. The first-order chi connectivity index (χ1) is 34.3. The van der Waals surface area contributed by atoms with E-state index in [1.165, 1.54) is 150 Å². The third-order valence-corrected chi connectivity index (χ3v) is 18.7. The molecule has 0 fully saturated rings. The van der Waals surface area contributed by atoms with Crippen LogP contribution < -0.4 is 16.4 Å². The van der Waals surface area contributed by atoms with Gasteiger partial charge in [-0.3, -0.25) is 0 Å². The summed E-state index contributed by atoms with van der Waals surface area (Å²) in [5, 5.41) is 4.19. The van der Waals surface area contributed by atoms with Gasteiger partial charge in [0, 0.05) is 44.1 Å². The van der Waals surface area contributed by atoms with Crippen molar-refractivity contribution in [3.05, 3.63) is 195 Å². The van der Waals surface area contributed by atoms with E-state index in [-0.39, 0.29) is 28.4 Å². The highest BCUT2D eigenvalue weighted by atomic mass is 15.1. The Labute approximate surface area is 425 Å². The van der Waals surface area contributed by atoms with E-state index in [4.69, 9.17) is 0 Å². The predicted octanol–water partition coefficient (Wildman–Crippen LogP) is 15.4. The molecule has 0 N–H and O–H groups in total. The number of aryl methyl sites for hydroxylation is 2. The largest absolute Gasteiger partial charge is 0.310 e. The van der Waals surface area contributed by atoms with Crippen molar-refractivity contribution in [3.8, 4) is 44.9 Å². The number of hydrogen-bond donors (Lipinski definition) is 0. The maximum absolute atomic E-state index is 2.79. The van der Waals surface area contributed by atoms with Crippen molar-refractivity contribution < 1.29 is 0 Å². The second-order valence-corrected chi connectivity index (χ2v) is 26.1. The van der Waals surface area contributed by atoms with Gasteiger partial charge in [0.1, 0.15) is 0 Å². The highest BCUT2D eigenvalue weighted by molar-refractivity contribution is 7.00. The van der Waals surface area contributed by atoms with Gasteiger partial charge in [-0.15, -0.1) is 0 Å². The molecule has 5 aliphatic rings. The molecule has 0 bridgehead atoms. The van der Waals surface area contributed by atoms with Gasteiger partial charge in [-0.1, -0.05) is 202 Å². The molecule has 0 unspecified atom stereocenters. The van der Waals surface area contributed by atoms with E-state index in [9.17, 15) is 0 Å². The van der Waals surface area contributed by atoms with Gasteiger partial charge in [0.15, 0.2) is 0 Å². The van der Waals surface area contributed by atoms with E-state index >= 15 is 0 Å². The van der Waals surface area contributed by atoms with Crippen LogP contribution in [-0.4, -0.2) is 15.8 Å². The zero-order chi connectivity index (χ0) is 49.5. The fourth-order valence-corrected chi connectivity index (χ4v) is 15.3. The van der Waals surface area contributed by atoms with E-state index in [2.05, 4.69) is 232 Å². The fraction of sp³-hybridized carbons (Fsp3) is 0.275. The Morgan fingerprint density at radius 1 is 0.486 bits per heavy atom. The highest BCUT2D eigenvalue weighted by Crippen LogP contribution is 2.62. The first kappa shape index (κ1) is 42.8. The molecule has 2 aromatic heterocycles. The van der Waals surface area contributed by atoms with Crippen molar-refractivity contribution in [2.75, 3.05) is 0 Å². The van der Waals surface area contributed by atoms with E-state index in [0.717, 1.165) is 12.8 Å². The summed E-state index contributed by atoms with van der Waals surface area (Å²) in [6, 6.07) is 56.1. The van der Waals surface area contributed by atoms with Crippen molar-refractivity contribution in [2.24, 2.45) is 0 Å². The average Bonchev–Trinajstić information content (AvgIpc) is 3.97. The van der Waals surface area contributed by atoms with E-state index in [0.29, 0.717) is 0 Å². The Morgan fingerprint density at radius 2 is 1.04 bits per heavy atom. The number of nitrogens with zero attached hydrogens (tertiary/aromatic N) is 2. The SMILES string of the molecule is Cc1cc2c3c(c1)c1cc(C)cc4c1n3-c1c(ccc3c1B2c1cc2c(c5c(-c6ccc(C(C)(C)C)cc6)c(-c6ccc(C(C)(C)C)cc6)n-3c15)C(C)(C)CCC2(C)C)C41c2ccccc2-c2ccccc21. The van der Waals surface area contributed by atoms with Gasteiger partial charge < -0.3 is 9.13 Å². The Hall–Kier alpha value is -6.84. The van der Waals surface area contributed by atoms with Crippen LogP contribution in [0.25, 0.3) is 77.6 Å². The summed E-state index contributed by atoms with van der Waals surface area (Å²) in [5.74, 6) is 0. The van der Waals surface area contributed by atoms with Crippen LogP contribution in [0.3, 0.4) is 0 Å². The van der Waals surface area contributed by atoms with Gasteiger partial charge >= 0.3 is 0 Å². The summed E-state index contributed by atoms with van der Waals surface area (Å²) in [6.45, 7) is 28.8. The third kappa shape index (κ3) is 5.08. The summed E-state index contributed by atoms with van der Waals surface area (Å²) in [4.78, 5) is 0. The highest BCUT2D eigenvalue weighted by Gasteiger charge is 2.55. The number of aromatic nitrogens is 2. The smallest absolute Gasteiger partial charge is 0.252 e. The molecule has 0 radical (unpaired) electrons. The zero-order valence-electron chi connectivity index (χ0n) is 44.2. The summed E-state index contributed by atoms with van der Waals surface area (Å²) in [7, 11) is 0. The van der Waals surface area contributed by atoms with Crippen LogP contribution in [0.4, 0.5) is 0 Å². The monoisotopic (exact) mass is 931 g/mol. The van der Waals surface area contributed by atoms with Gasteiger partial charge in [-0.05, 0) is 150 Å². The standard InChI is InChI=1S/C69H63BN2/c1-38-33-46-47-34-39(2)36-53-62(47)72-61(46)52(35-38)69(48-19-15-13-17-44(48)45-18-14-16-20-49(45)69)50-29-30-55-59(63(50)72)70(53)54-37-51-58(68(11,12)32-31-67(51,9)10)57-56(40-21-25-42(26-22-40)65(3,4)5)60(71(55)64(54)57)41-23-27-43(28-24-41)66(6,7)8/h13-30,33-37H,31-32H2,1-12H3. The molecule has 8 aromatic carbocycles. The average molecular weight is 931 g/mol. The third-order valence-electron chi connectivity index (χ3n) is 18.7. The Balaban J connectivity index is 1.19. The van der Waals surface area contributed by atoms with E-state index < -0.39 is 5.41 Å². The van der Waals surface area contributed by atoms with E-state index in [1.807, 2.05) is 0 Å². The molecule has 352 valence electrons.